The molecule has 2 atom stereocenters. The molecular formula is C16H21N3O. The fraction of sp³-hybridized carbons (Fsp3) is 0.500. The van der Waals surface area contributed by atoms with Gasteiger partial charge in [0.25, 0.3) is 0 Å². The Labute approximate surface area is 119 Å². The molecule has 0 spiro atoms. The summed E-state index contributed by atoms with van der Waals surface area (Å²) in [5.41, 5.74) is 0.811. The number of carbonyl (C=O) groups is 1. The highest BCUT2D eigenvalue weighted by molar-refractivity contribution is 5.91. The number of nitrogens with zero attached hydrogens (tertiary/aromatic N) is 2. The van der Waals surface area contributed by atoms with Crippen LogP contribution in [0.4, 0.5) is 0 Å². The Morgan fingerprint density at radius 1 is 1.35 bits per heavy atom. The van der Waals surface area contributed by atoms with Gasteiger partial charge in [-0.05, 0) is 50.9 Å². The molecule has 2 aliphatic rings. The zero-order valence-electron chi connectivity index (χ0n) is 11.8. The quantitative estimate of drug-likeness (QED) is 0.853. The number of rotatable bonds is 3. The summed E-state index contributed by atoms with van der Waals surface area (Å²) in [7, 11) is 2.21. The lowest BCUT2D eigenvalue weighted by Crippen LogP contribution is -2.48. The summed E-state index contributed by atoms with van der Waals surface area (Å²) < 4.78 is 0. The van der Waals surface area contributed by atoms with Crippen LogP contribution < -0.4 is 5.32 Å². The molecule has 2 fully saturated rings. The third-order valence-electron chi connectivity index (χ3n) is 4.54. The number of nitrogens with one attached hydrogen (secondary N) is 1. The van der Waals surface area contributed by atoms with Gasteiger partial charge in [-0.25, -0.2) is 0 Å². The predicted octanol–water partition coefficient (Wildman–Crippen LogP) is 1.84. The number of piperidine rings is 1. The second kappa shape index (κ2) is 5.75. The maximum atomic E-state index is 12.0. The number of amides is 1. The van der Waals surface area contributed by atoms with Crippen LogP contribution >= 0.6 is 0 Å². The Morgan fingerprint density at radius 3 is 2.75 bits per heavy atom. The molecule has 2 saturated heterocycles. The number of hydrogen-bond donors (Lipinski definition) is 1. The smallest absolute Gasteiger partial charge is 0.244 e. The van der Waals surface area contributed by atoms with Crippen molar-refractivity contribution in [1.82, 2.24) is 15.2 Å². The van der Waals surface area contributed by atoms with Crippen molar-refractivity contribution in [3.05, 3.63) is 36.2 Å². The van der Waals surface area contributed by atoms with Gasteiger partial charge in [0.15, 0.2) is 0 Å². The molecule has 4 heteroatoms. The van der Waals surface area contributed by atoms with Crippen LogP contribution in [0.3, 0.4) is 0 Å². The van der Waals surface area contributed by atoms with Crippen molar-refractivity contribution < 1.29 is 4.79 Å². The van der Waals surface area contributed by atoms with Crippen molar-refractivity contribution >= 4 is 12.0 Å². The number of pyridine rings is 1. The number of fused-ring (bicyclic) bond motifs is 2. The first-order valence-electron chi connectivity index (χ1n) is 7.34. The predicted molar refractivity (Wildman–Crippen MR) is 79.0 cm³/mol. The van der Waals surface area contributed by atoms with Crippen LogP contribution in [0, 0.1) is 0 Å². The van der Waals surface area contributed by atoms with Gasteiger partial charge in [-0.3, -0.25) is 9.78 Å². The molecule has 20 heavy (non-hydrogen) atoms. The van der Waals surface area contributed by atoms with Crippen molar-refractivity contribution in [3.8, 4) is 0 Å². The molecule has 0 aromatic carbocycles. The number of hydrogen-bond acceptors (Lipinski definition) is 3. The Kier molecular flexibility index (Phi) is 3.83. The Hall–Kier alpha value is -1.68. The molecule has 3 heterocycles. The summed E-state index contributed by atoms with van der Waals surface area (Å²) in [6, 6.07) is 7.30. The average Bonchev–Trinajstić information content (AvgIpc) is 2.68. The van der Waals surface area contributed by atoms with Crippen LogP contribution in [0.15, 0.2) is 30.5 Å². The van der Waals surface area contributed by atoms with E-state index < -0.39 is 0 Å². The summed E-state index contributed by atoms with van der Waals surface area (Å²) >= 11 is 0. The molecule has 0 radical (unpaired) electrons. The first-order valence-corrected chi connectivity index (χ1v) is 7.34. The van der Waals surface area contributed by atoms with Crippen LogP contribution in [-0.2, 0) is 4.79 Å². The van der Waals surface area contributed by atoms with E-state index in [9.17, 15) is 4.79 Å². The van der Waals surface area contributed by atoms with Crippen molar-refractivity contribution in [2.24, 2.45) is 0 Å². The van der Waals surface area contributed by atoms with E-state index in [1.807, 2.05) is 18.2 Å². The molecule has 106 valence electrons. The van der Waals surface area contributed by atoms with Gasteiger partial charge in [-0.15, -0.1) is 0 Å². The van der Waals surface area contributed by atoms with Gasteiger partial charge in [0.1, 0.15) is 0 Å². The molecule has 2 aliphatic heterocycles. The van der Waals surface area contributed by atoms with Crippen LogP contribution in [0.1, 0.15) is 31.4 Å². The lowest BCUT2D eigenvalue weighted by molar-refractivity contribution is -0.117. The van der Waals surface area contributed by atoms with Crippen LogP contribution in [0.5, 0.6) is 0 Å². The first kappa shape index (κ1) is 13.3. The fourth-order valence-corrected chi connectivity index (χ4v) is 3.41. The summed E-state index contributed by atoms with van der Waals surface area (Å²) in [6.45, 7) is 0. The lowest BCUT2D eigenvalue weighted by atomic mass is 9.98. The van der Waals surface area contributed by atoms with Crippen molar-refractivity contribution in [3.63, 3.8) is 0 Å². The van der Waals surface area contributed by atoms with Crippen molar-refractivity contribution in [1.29, 1.82) is 0 Å². The van der Waals surface area contributed by atoms with Gasteiger partial charge in [0, 0.05) is 30.4 Å². The monoisotopic (exact) mass is 271 g/mol. The maximum absolute atomic E-state index is 12.0. The van der Waals surface area contributed by atoms with E-state index in [4.69, 9.17) is 0 Å². The van der Waals surface area contributed by atoms with Gasteiger partial charge in [-0.2, -0.15) is 0 Å². The normalized spacial score (nSPS) is 29.8. The topological polar surface area (TPSA) is 45.2 Å². The first-order chi connectivity index (χ1) is 9.72. The standard InChI is InChI=1S/C16H21N3O/c1-19-14-6-7-15(19)11-13(10-14)18-16(20)8-5-12-4-2-3-9-17-12/h2-5,8-9,13-15H,6-7,10-11H2,1H3,(H,18,20)/t14-,15-/m1/s1. The molecule has 4 nitrogen and oxygen atoms in total. The van der Waals surface area contributed by atoms with E-state index in [1.54, 1.807) is 18.3 Å². The minimum atomic E-state index is -0.00962. The van der Waals surface area contributed by atoms with Crippen LogP contribution in [0.2, 0.25) is 0 Å². The van der Waals surface area contributed by atoms with E-state index in [0.717, 1.165) is 18.5 Å². The van der Waals surface area contributed by atoms with Crippen LogP contribution in [0.25, 0.3) is 6.08 Å². The summed E-state index contributed by atoms with van der Waals surface area (Å²) in [4.78, 5) is 18.6. The Bertz CT molecular complexity index is 486. The molecular weight excluding hydrogens is 250 g/mol. The van der Waals surface area contributed by atoms with Gasteiger partial charge >= 0.3 is 0 Å². The van der Waals surface area contributed by atoms with Crippen molar-refractivity contribution in [2.45, 2.75) is 43.8 Å². The van der Waals surface area contributed by atoms with E-state index in [2.05, 4.69) is 22.2 Å². The largest absolute Gasteiger partial charge is 0.350 e. The number of carbonyl (C=O) groups excluding carboxylic acids is 1. The average molecular weight is 271 g/mol. The highest BCUT2D eigenvalue weighted by Gasteiger charge is 2.38. The zero-order chi connectivity index (χ0) is 13.9. The Morgan fingerprint density at radius 2 is 2.10 bits per heavy atom. The summed E-state index contributed by atoms with van der Waals surface area (Å²) in [6.07, 6.45) is 9.79. The highest BCUT2D eigenvalue weighted by atomic mass is 16.1. The van der Waals surface area contributed by atoms with Gasteiger partial charge in [0.2, 0.25) is 5.91 Å². The molecule has 1 aromatic heterocycles. The molecule has 1 aromatic rings. The maximum Gasteiger partial charge on any atom is 0.244 e. The van der Waals surface area contributed by atoms with E-state index >= 15 is 0 Å². The molecule has 0 aliphatic carbocycles. The fourth-order valence-electron chi connectivity index (χ4n) is 3.41. The molecule has 0 saturated carbocycles. The minimum Gasteiger partial charge on any atom is -0.350 e. The SMILES string of the molecule is CN1[C@@H]2CC[C@@H]1CC(NC(=O)C=Cc1ccccn1)C2. The summed E-state index contributed by atoms with van der Waals surface area (Å²) in [5, 5.41) is 3.13. The van der Waals surface area contributed by atoms with Gasteiger partial charge in [0.05, 0.1) is 5.69 Å². The van der Waals surface area contributed by atoms with E-state index in [1.165, 1.54) is 12.8 Å². The van der Waals surface area contributed by atoms with Crippen molar-refractivity contribution in [2.75, 3.05) is 7.05 Å². The molecule has 2 bridgehead atoms. The van der Waals surface area contributed by atoms with E-state index in [0.29, 0.717) is 18.1 Å². The molecule has 1 amide bonds. The Balaban J connectivity index is 1.54. The lowest BCUT2D eigenvalue weighted by Gasteiger charge is -2.36. The summed E-state index contributed by atoms with van der Waals surface area (Å²) in [5.74, 6) is -0.00962. The molecule has 3 rings (SSSR count). The third-order valence-corrected chi connectivity index (χ3v) is 4.54. The number of aromatic nitrogens is 1. The van der Waals surface area contributed by atoms with E-state index in [-0.39, 0.29) is 5.91 Å². The molecule has 0 unspecified atom stereocenters. The second-order valence-electron chi connectivity index (χ2n) is 5.82. The van der Waals surface area contributed by atoms with Gasteiger partial charge in [-0.1, -0.05) is 6.07 Å². The zero-order valence-corrected chi connectivity index (χ0v) is 11.8. The highest BCUT2D eigenvalue weighted by Crippen LogP contribution is 2.34. The molecule has 1 N–H and O–H groups in total. The van der Waals surface area contributed by atoms with Crippen LogP contribution in [-0.4, -0.2) is 41.0 Å². The van der Waals surface area contributed by atoms with Gasteiger partial charge < -0.3 is 10.2 Å². The third kappa shape index (κ3) is 2.90. The second-order valence-corrected chi connectivity index (χ2v) is 5.82. The minimum absolute atomic E-state index is 0.00962.